The highest BCUT2D eigenvalue weighted by molar-refractivity contribution is 5.85. The van der Waals surface area contributed by atoms with Crippen molar-refractivity contribution in [1.82, 2.24) is 0 Å². The number of hydrogen-bond donors (Lipinski definition) is 2. The Kier molecular flexibility index (Phi) is 4.91. The zero-order valence-corrected chi connectivity index (χ0v) is 8.65. The van der Waals surface area contributed by atoms with Crippen molar-refractivity contribution in [3.8, 4) is 0 Å². The second kappa shape index (κ2) is 5.42. The van der Waals surface area contributed by atoms with Gasteiger partial charge in [-0.25, -0.2) is 4.79 Å². The number of carbonyl (C=O) groups is 2. The summed E-state index contributed by atoms with van der Waals surface area (Å²) in [6.07, 6.45) is 2.04. The second-order valence-corrected chi connectivity index (χ2v) is 3.61. The first-order valence-electron chi connectivity index (χ1n) is 4.49. The number of hydrogen-bond acceptors (Lipinski definition) is 2. The first kappa shape index (κ1) is 12.7. The van der Waals surface area contributed by atoms with Crippen LogP contribution in [-0.2, 0) is 9.59 Å². The van der Waals surface area contributed by atoms with Gasteiger partial charge in [0.15, 0.2) is 0 Å². The standard InChI is InChI=1S/C10H16O4/c1-6(4-7(2)9(11)12)5-8(3)10(13)14/h4,6,8H,5H2,1-3H3,(H,11,12)(H,13,14)/b7-4+/t6-,8-/m1/s1. The van der Waals surface area contributed by atoms with Crippen molar-refractivity contribution in [2.45, 2.75) is 27.2 Å². The molecule has 0 aromatic rings. The molecule has 0 fully saturated rings. The van der Waals surface area contributed by atoms with Crippen LogP contribution >= 0.6 is 0 Å². The van der Waals surface area contributed by atoms with Crippen LogP contribution in [0.15, 0.2) is 11.6 Å². The summed E-state index contributed by atoms with van der Waals surface area (Å²) in [5.41, 5.74) is 0.259. The van der Waals surface area contributed by atoms with Crippen LogP contribution in [0.2, 0.25) is 0 Å². The van der Waals surface area contributed by atoms with Gasteiger partial charge in [0.05, 0.1) is 5.92 Å². The summed E-state index contributed by atoms with van der Waals surface area (Å²) in [5, 5.41) is 17.2. The van der Waals surface area contributed by atoms with Crippen molar-refractivity contribution in [3.63, 3.8) is 0 Å². The Labute approximate surface area is 83.2 Å². The third-order valence-electron chi connectivity index (χ3n) is 2.02. The van der Waals surface area contributed by atoms with Crippen LogP contribution in [0.4, 0.5) is 0 Å². The SMILES string of the molecule is C/C(=C\[C@@H](C)C[C@@H](C)C(=O)O)C(=O)O. The minimum atomic E-state index is -0.958. The van der Waals surface area contributed by atoms with E-state index in [9.17, 15) is 9.59 Å². The van der Waals surface area contributed by atoms with Crippen molar-refractivity contribution in [1.29, 1.82) is 0 Å². The Morgan fingerprint density at radius 2 is 1.79 bits per heavy atom. The summed E-state index contributed by atoms with van der Waals surface area (Å²) < 4.78 is 0. The van der Waals surface area contributed by atoms with Gasteiger partial charge in [-0.05, 0) is 19.3 Å². The van der Waals surface area contributed by atoms with Crippen molar-refractivity contribution in [2.75, 3.05) is 0 Å². The molecule has 0 spiro atoms. The van der Waals surface area contributed by atoms with Gasteiger partial charge in [0.2, 0.25) is 0 Å². The molecule has 4 heteroatoms. The minimum absolute atomic E-state index is 0.0304. The first-order valence-corrected chi connectivity index (χ1v) is 4.49. The van der Waals surface area contributed by atoms with E-state index in [0.29, 0.717) is 6.42 Å². The lowest BCUT2D eigenvalue weighted by Crippen LogP contribution is -2.12. The van der Waals surface area contributed by atoms with Crippen molar-refractivity contribution in [3.05, 3.63) is 11.6 Å². The topological polar surface area (TPSA) is 74.6 Å². The molecule has 0 aliphatic heterocycles. The van der Waals surface area contributed by atoms with Crippen LogP contribution in [0.1, 0.15) is 27.2 Å². The average Bonchev–Trinajstić information content (AvgIpc) is 2.03. The molecule has 0 aromatic heterocycles. The predicted molar refractivity (Wildman–Crippen MR) is 52.0 cm³/mol. The Hall–Kier alpha value is -1.32. The summed E-state index contributed by atoms with van der Waals surface area (Å²) in [6, 6.07) is 0. The molecule has 14 heavy (non-hydrogen) atoms. The summed E-state index contributed by atoms with van der Waals surface area (Å²) in [7, 11) is 0. The molecule has 0 aliphatic rings. The predicted octanol–water partition coefficient (Wildman–Crippen LogP) is 1.76. The van der Waals surface area contributed by atoms with Crippen LogP contribution in [0.3, 0.4) is 0 Å². The fourth-order valence-corrected chi connectivity index (χ4v) is 1.22. The maximum Gasteiger partial charge on any atom is 0.330 e. The molecule has 80 valence electrons. The van der Waals surface area contributed by atoms with Gasteiger partial charge in [-0.1, -0.05) is 19.9 Å². The van der Waals surface area contributed by atoms with Gasteiger partial charge >= 0.3 is 11.9 Å². The number of rotatable bonds is 5. The smallest absolute Gasteiger partial charge is 0.330 e. The fraction of sp³-hybridized carbons (Fsp3) is 0.600. The molecule has 0 heterocycles. The summed E-state index contributed by atoms with van der Waals surface area (Å²) in [6.45, 7) is 4.93. The molecule has 0 bridgehead atoms. The van der Waals surface area contributed by atoms with Crippen LogP contribution < -0.4 is 0 Å². The van der Waals surface area contributed by atoms with E-state index in [1.54, 1.807) is 13.0 Å². The molecule has 0 unspecified atom stereocenters. The van der Waals surface area contributed by atoms with Gasteiger partial charge in [0, 0.05) is 5.57 Å². The summed E-state index contributed by atoms with van der Waals surface area (Å²) in [5.74, 6) is -2.28. The lowest BCUT2D eigenvalue weighted by atomic mass is 9.96. The Bertz CT molecular complexity index is 255. The quantitative estimate of drug-likeness (QED) is 0.663. The number of aliphatic carboxylic acids is 2. The fourth-order valence-electron chi connectivity index (χ4n) is 1.22. The molecule has 0 rings (SSSR count). The largest absolute Gasteiger partial charge is 0.481 e. The Morgan fingerprint density at radius 3 is 2.14 bits per heavy atom. The van der Waals surface area contributed by atoms with E-state index in [2.05, 4.69) is 0 Å². The van der Waals surface area contributed by atoms with Crippen LogP contribution in [0.5, 0.6) is 0 Å². The Balaban J connectivity index is 4.23. The first-order chi connectivity index (χ1) is 6.34. The maximum absolute atomic E-state index is 10.5. The Morgan fingerprint density at radius 1 is 1.29 bits per heavy atom. The number of allylic oxidation sites excluding steroid dienone is 1. The zero-order valence-electron chi connectivity index (χ0n) is 8.65. The van der Waals surface area contributed by atoms with Gasteiger partial charge in [0.1, 0.15) is 0 Å². The summed E-state index contributed by atoms with van der Waals surface area (Å²) >= 11 is 0. The molecular weight excluding hydrogens is 184 g/mol. The highest BCUT2D eigenvalue weighted by atomic mass is 16.4. The molecule has 2 atom stereocenters. The van der Waals surface area contributed by atoms with Gasteiger partial charge in [-0.2, -0.15) is 0 Å². The van der Waals surface area contributed by atoms with Crippen molar-refractivity contribution >= 4 is 11.9 Å². The van der Waals surface area contributed by atoms with Gasteiger partial charge in [-0.15, -0.1) is 0 Å². The maximum atomic E-state index is 10.5. The molecule has 0 amide bonds. The molecule has 0 aromatic carbocycles. The lowest BCUT2D eigenvalue weighted by Gasteiger charge is -2.10. The zero-order chi connectivity index (χ0) is 11.3. The van der Waals surface area contributed by atoms with Gasteiger partial charge < -0.3 is 10.2 Å². The third-order valence-corrected chi connectivity index (χ3v) is 2.02. The van der Waals surface area contributed by atoms with E-state index in [1.165, 1.54) is 6.92 Å². The van der Waals surface area contributed by atoms with E-state index < -0.39 is 17.9 Å². The van der Waals surface area contributed by atoms with E-state index in [4.69, 9.17) is 10.2 Å². The van der Waals surface area contributed by atoms with E-state index in [0.717, 1.165) is 0 Å². The minimum Gasteiger partial charge on any atom is -0.481 e. The van der Waals surface area contributed by atoms with Gasteiger partial charge in [0.25, 0.3) is 0 Å². The van der Waals surface area contributed by atoms with Gasteiger partial charge in [-0.3, -0.25) is 4.79 Å². The highest BCUT2D eigenvalue weighted by Crippen LogP contribution is 2.14. The molecule has 2 N–H and O–H groups in total. The van der Waals surface area contributed by atoms with E-state index in [1.807, 2.05) is 6.92 Å². The molecule has 0 saturated carbocycles. The normalized spacial score (nSPS) is 16.1. The van der Waals surface area contributed by atoms with Crippen LogP contribution in [0, 0.1) is 11.8 Å². The third kappa shape index (κ3) is 4.64. The lowest BCUT2D eigenvalue weighted by molar-refractivity contribution is -0.141. The molecular formula is C10H16O4. The molecule has 0 radical (unpaired) electrons. The van der Waals surface area contributed by atoms with Crippen LogP contribution in [0.25, 0.3) is 0 Å². The van der Waals surface area contributed by atoms with E-state index >= 15 is 0 Å². The molecule has 0 saturated heterocycles. The number of carboxylic acids is 2. The second-order valence-electron chi connectivity index (χ2n) is 3.61. The van der Waals surface area contributed by atoms with E-state index in [-0.39, 0.29) is 11.5 Å². The average molecular weight is 200 g/mol. The van der Waals surface area contributed by atoms with Crippen LogP contribution in [-0.4, -0.2) is 22.2 Å². The monoisotopic (exact) mass is 200 g/mol. The van der Waals surface area contributed by atoms with Crippen molar-refractivity contribution < 1.29 is 19.8 Å². The molecule has 4 nitrogen and oxygen atoms in total. The number of carboxylic acid groups (broad SMARTS) is 2. The molecule has 0 aliphatic carbocycles. The van der Waals surface area contributed by atoms with Crippen molar-refractivity contribution in [2.24, 2.45) is 11.8 Å². The highest BCUT2D eigenvalue weighted by Gasteiger charge is 2.14. The summed E-state index contributed by atoms with van der Waals surface area (Å²) in [4.78, 5) is 21.0.